The molecule has 0 amide bonds. The quantitative estimate of drug-likeness (QED) is 0.778. The number of aliphatic hydroxyl groups is 1. The molecule has 2 atom stereocenters. The number of cyclic esters (lactones) is 1. The predicted octanol–water partition coefficient (Wildman–Crippen LogP) is 1.21. The molecule has 1 aliphatic heterocycles. The molecule has 0 radical (unpaired) electrons. The largest absolute Gasteiger partial charge is 0.496 e. The average molecular weight is 220 g/mol. The second kappa shape index (κ2) is 4.37. The predicted molar refractivity (Wildman–Crippen MR) is 57.0 cm³/mol. The summed E-state index contributed by atoms with van der Waals surface area (Å²) >= 11 is 0. The van der Waals surface area contributed by atoms with Gasteiger partial charge in [0.15, 0.2) is 6.10 Å². The maximum atomic E-state index is 10.9. The number of ether oxygens (including phenoxy) is 2. The lowest BCUT2D eigenvalue weighted by molar-refractivity contribution is -0.142. The first kappa shape index (κ1) is 10.7. The third kappa shape index (κ3) is 1.92. The molecule has 4 nitrogen and oxygen atoms in total. The van der Waals surface area contributed by atoms with Crippen LogP contribution in [0.25, 0.3) is 0 Å². The van der Waals surface area contributed by atoms with Crippen LogP contribution in [0.4, 0.5) is 0 Å². The van der Waals surface area contributed by atoms with Gasteiger partial charge in [0.05, 0.1) is 7.11 Å². The Bertz CT molecular complexity index is 425. The van der Waals surface area contributed by atoms with Crippen LogP contribution in [0.1, 0.15) is 11.7 Å². The Kier molecular flexibility index (Phi) is 2.92. The first-order valence-corrected chi connectivity index (χ1v) is 4.92. The van der Waals surface area contributed by atoms with Crippen molar-refractivity contribution >= 4 is 5.97 Å². The van der Waals surface area contributed by atoms with Crippen LogP contribution in [0.5, 0.6) is 5.75 Å². The van der Waals surface area contributed by atoms with Gasteiger partial charge in [-0.05, 0) is 12.1 Å². The first-order valence-electron chi connectivity index (χ1n) is 4.92. The van der Waals surface area contributed by atoms with Crippen LogP contribution in [0.15, 0.2) is 36.4 Å². The van der Waals surface area contributed by atoms with Gasteiger partial charge in [-0.15, -0.1) is 0 Å². The molecule has 0 saturated carbocycles. The van der Waals surface area contributed by atoms with E-state index < -0.39 is 18.2 Å². The Morgan fingerprint density at radius 2 is 2.19 bits per heavy atom. The van der Waals surface area contributed by atoms with Gasteiger partial charge in [-0.2, -0.15) is 0 Å². The summed E-state index contributed by atoms with van der Waals surface area (Å²) in [5.41, 5.74) is 0.606. The Labute approximate surface area is 93.1 Å². The lowest BCUT2D eigenvalue weighted by atomic mass is 10.0. The number of methoxy groups -OCH3 is 1. The highest BCUT2D eigenvalue weighted by Crippen LogP contribution is 2.30. The molecule has 1 aliphatic rings. The third-order valence-electron chi connectivity index (χ3n) is 2.44. The molecule has 1 aromatic rings. The number of hydrogen-bond donors (Lipinski definition) is 1. The minimum absolute atomic E-state index is 0.432. The lowest BCUT2D eigenvalue weighted by Crippen LogP contribution is -2.18. The smallest absolute Gasteiger partial charge is 0.331 e. The summed E-state index contributed by atoms with van der Waals surface area (Å²) in [5, 5.41) is 10.0. The number of para-hydroxylation sites is 1. The number of carbonyl (C=O) groups is 1. The Hall–Kier alpha value is -1.81. The SMILES string of the molecule is COc1ccccc1[C@H](O)[C@H]1C=CC(=O)O1. The second-order valence-electron chi connectivity index (χ2n) is 3.45. The van der Waals surface area contributed by atoms with Crippen molar-refractivity contribution in [3.05, 3.63) is 42.0 Å². The van der Waals surface area contributed by atoms with Gasteiger partial charge in [0.2, 0.25) is 0 Å². The van der Waals surface area contributed by atoms with Crippen molar-refractivity contribution in [2.75, 3.05) is 7.11 Å². The first-order chi connectivity index (χ1) is 7.72. The van der Waals surface area contributed by atoms with Crippen LogP contribution in [-0.4, -0.2) is 24.3 Å². The zero-order valence-corrected chi connectivity index (χ0v) is 8.79. The topological polar surface area (TPSA) is 55.8 Å². The van der Waals surface area contributed by atoms with Crippen molar-refractivity contribution < 1.29 is 19.4 Å². The molecule has 16 heavy (non-hydrogen) atoms. The summed E-state index contributed by atoms with van der Waals surface area (Å²) < 4.78 is 10.0. The van der Waals surface area contributed by atoms with E-state index in [0.29, 0.717) is 11.3 Å². The van der Waals surface area contributed by atoms with Gasteiger partial charge in [0.1, 0.15) is 11.9 Å². The number of benzene rings is 1. The van der Waals surface area contributed by atoms with Gasteiger partial charge in [-0.3, -0.25) is 0 Å². The average Bonchev–Trinajstić information content (AvgIpc) is 2.75. The summed E-state index contributed by atoms with van der Waals surface area (Å²) in [5.74, 6) is 0.144. The fourth-order valence-electron chi connectivity index (χ4n) is 1.64. The van der Waals surface area contributed by atoms with E-state index in [1.54, 1.807) is 24.3 Å². The van der Waals surface area contributed by atoms with Gasteiger partial charge in [-0.25, -0.2) is 4.79 Å². The van der Waals surface area contributed by atoms with Crippen molar-refractivity contribution in [3.8, 4) is 5.75 Å². The van der Waals surface area contributed by atoms with E-state index in [9.17, 15) is 9.90 Å². The highest BCUT2D eigenvalue weighted by Gasteiger charge is 2.27. The van der Waals surface area contributed by atoms with Crippen LogP contribution in [0, 0.1) is 0 Å². The Morgan fingerprint density at radius 3 is 2.81 bits per heavy atom. The van der Waals surface area contributed by atoms with Crippen LogP contribution in [-0.2, 0) is 9.53 Å². The molecule has 0 aromatic heterocycles. The van der Waals surface area contributed by atoms with E-state index >= 15 is 0 Å². The fraction of sp³-hybridized carbons (Fsp3) is 0.250. The summed E-state index contributed by atoms with van der Waals surface area (Å²) in [4.78, 5) is 10.9. The monoisotopic (exact) mass is 220 g/mol. The van der Waals surface area contributed by atoms with Crippen molar-refractivity contribution in [1.82, 2.24) is 0 Å². The van der Waals surface area contributed by atoms with Crippen LogP contribution in [0.3, 0.4) is 0 Å². The Balaban J connectivity index is 2.23. The number of rotatable bonds is 3. The van der Waals surface area contributed by atoms with Crippen molar-refractivity contribution in [2.24, 2.45) is 0 Å². The van der Waals surface area contributed by atoms with E-state index in [1.165, 1.54) is 13.2 Å². The lowest BCUT2D eigenvalue weighted by Gasteiger charge is -2.18. The molecular weight excluding hydrogens is 208 g/mol. The van der Waals surface area contributed by atoms with Crippen molar-refractivity contribution in [2.45, 2.75) is 12.2 Å². The van der Waals surface area contributed by atoms with Crippen LogP contribution in [0.2, 0.25) is 0 Å². The molecular formula is C12H12O4. The molecule has 0 fully saturated rings. The van der Waals surface area contributed by atoms with E-state index in [1.807, 2.05) is 6.07 Å². The molecule has 4 heteroatoms. The summed E-state index contributed by atoms with van der Waals surface area (Å²) in [7, 11) is 1.53. The van der Waals surface area contributed by atoms with Gasteiger partial charge in [-0.1, -0.05) is 18.2 Å². The molecule has 1 aromatic carbocycles. The van der Waals surface area contributed by atoms with Crippen molar-refractivity contribution in [3.63, 3.8) is 0 Å². The van der Waals surface area contributed by atoms with Gasteiger partial charge >= 0.3 is 5.97 Å². The normalized spacial score (nSPS) is 20.6. The number of aliphatic hydroxyl groups excluding tert-OH is 1. The van der Waals surface area contributed by atoms with E-state index in [4.69, 9.17) is 9.47 Å². The number of esters is 1. The molecule has 1 heterocycles. The molecule has 0 aliphatic carbocycles. The summed E-state index contributed by atoms with van der Waals surface area (Å²) in [6.45, 7) is 0. The summed E-state index contributed by atoms with van der Waals surface area (Å²) in [6, 6.07) is 7.09. The van der Waals surface area contributed by atoms with Crippen LogP contribution >= 0.6 is 0 Å². The van der Waals surface area contributed by atoms with Crippen LogP contribution < -0.4 is 4.74 Å². The minimum atomic E-state index is -0.904. The Morgan fingerprint density at radius 1 is 1.44 bits per heavy atom. The van der Waals surface area contributed by atoms with E-state index in [2.05, 4.69) is 0 Å². The van der Waals surface area contributed by atoms with Crippen molar-refractivity contribution in [1.29, 1.82) is 0 Å². The molecule has 0 spiro atoms. The van der Waals surface area contributed by atoms with E-state index in [-0.39, 0.29) is 0 Å². The summed E-state index contributed by atoms with van der Waals surface area (Å²) in [6.07, 6.45) is 1.31. The zero-order chi connectivity index (χ0) is 11.5. The van der Waals surface area contributed by atoms with Gasteiger partial charge in [0, 0.05) is 11.6 Å². The molecule has 2 rings (SSSR count). The standard InChI is InChI=1S/C12H12O4/c1-15-9-5-3-2-4-8(9)12(14)10-6-7-11(13)16-10/h2-7,10,12,14H,1H3/t10-,12+/m1/s1. The molecule has 1 N–H and O–H groups in total. The highest BCUT2D eigenvalue weighted by molar-refractivity contribution is 5.84. The minimum Gasteiger partial charge on any atom is -0.496 e. The zero-order valence-electron chi connectivity index (χ0n) is 8.79. The maximum Gasteiger partial charge on any atom is 0.331 e. The molecule has 0 unspecified atom stereocenters. The van der Waals surface area contributed by atoms with E-state index in [0.717, 1.165) is 0 Å². The fourth-order valence-corrected chi connectivity index (χ4v) is 1.64. The van der Waals surface area contributed by atoms with Gasteiger partial charge < -0.3 is 14.6 Å². The number of carbonyl (C=O) groups excluding carboxylic acids is 1. The molecule has 0 bridgehead atoms. The third-order valence-corrected chi connectivity index (χ3v) is 2.44. The number of hydrogen-bond acceptors (Lipinski definition) is 4. The van der Waals surface area contributed by atoms with Gasteiger partial charge in [0.25, 0.3) is 0 Å². The highest BCUT2D eigenvalue weighted by atomic mass is 16.6. The molecule has 84 valence electrons. The molecule has 0 saturated heterocycles. The maximum absolute atomic E-state index is 10.9. The second-order valence-corrected chi connectivity index (χ2v) is 3.45.